The van der Waals surface area contributed by atoms with Crippen LogP contribution >= 0.6 is 11.8 Å². The zero-order valence-electron chi connectivity index (χ0n) is 11.6. The highest BCUT2D eigenvalue weighted by Crippen LogP contribution is 2.29. The molecule has 2 aromatic heterocycles. The zero-order valence-corrected chi connectivity index (χ0v) is 12.5. The van der Waals surface area contributed by atoms with E-state index in [0.717, 1.165) is 32.7 Å². The van der Waals surface area contributed by atoms with Crippen LogP contribution in [0.15, 0.2) is 28.5 Å². The van der Waals surface area contributed by atoms with Gasteiger partial charge in [0.1, 0.15) is 5.03 Å². The minimum atomic E-state index is -0.0520. The van der Waals surface area contributed by atoms with E-state index >= 15 is 0 Å². The summed E-state index contributed by atoms with van der Waals surface area (Å²) in [5, 5.41) is 1.60. The van der Waals surface area contributed by atoms with Crippen LogP contribution in [0.1, 0.15) is 35.5 Å². The van der Waals surface area contributed by atoms with Crippen molar-refractivity contribution >= 4 is 11.8 Å². The minimum absolute atomic E-state index is 0.0520. The van der Waals surface area contributed by atoms with Crippen LogP contribution in [0.4, 0.5) is 0 Å². The Hall–Kier alpha value is -1.46. The Morgan fingerprint density at radius 3 is 2.37 bits per heavy atom. The first kappa shape index (κ1) is 14.0. The van der Waals surface area contributed by atoms with Gasteiger partial charge in [0, 0.05) is 29.2 Å². The van der Waals surface area contributed by atoms with Gasteiger partial charge < -0.3 is 5.73 Å². The second-order valence-electron chi connectivity index (χ2n) is 4.59. The molecular weight excluding hydrogens is 256 g/mol. The first-order valence-electron chi connectivity index (χ1n) is 6.19. The van der Waals surface area contributed by atoms with E-state index in [1.807, 2.05) is 39.8 Å². The maximum absolute atomic E-state index is 5.96. The standard InChI is InChI=1S/C14H18N4S/c1-8-10(3)17-14(18-11(8)4)19-13-12(9(2)15)6-5-7-16-13/h5-7,9H,15H2,1-4H3/t9-/m0/s1. The predicted molar refractivity (Wildman–Crippen MR) is 77.2 cm³/mol. The lowest BCUT2D eigenvalue weighted by Crippen LogP contribution is -2.07. The highest BCUT2D eigenvalue weighted by atomic mass is 32.2. The van der Waals surface area contributed by atoms with Crippen LogP contribution in [-0.4, -0.2) is 15.0 Å². The second kappa shape index (κ2) is 5.67. The summed E-state index contributed by atoms with van der Waals surface area (Å²) in [5.74, 6) is 0. The Labute approximate surface area is 117 Å². The van der Waals surface area contributed by atoms with E-state index in [4.69, 9.17) is 5.73 Å². The van der Waals surface area contributed by atoms with E-state index in [1.165, 1.54) is 11.8 Å². The van der Waals surface area contributed by atoms with Gasteiger partial charge in [0.15, 0.2) is 5.16 Å². The molecule has 5 heteroatoms. The first-order valence-corrected chi connectivity index (χ1v) is 7.01. The number of pyridine rings is 1. The molecule has 0 aliphatic heterocycles. The summed E-state index contributed by atoms with van der Waals surface area (Å²) in [6, 6.07) is 3.84. The maximum Gasteiger partial charge on any atom is 0.194 e. The molecule has 100 valence electrons. The molecule has 2 N–H and O–H groups in total. The van der Waals surface area contributed by atoms with Gasteiger partial charge in [0.2, 0.25) is 0 Å². The molecule has 19 heavy (non-hydrogen) atoms. The van der Waals surface area contributed by atoms with Crippen molar-refractivity contribution in [2.45, 2.75) is 43.9 Å². The molecule has 0 amide bonds. The highest BCUT2D eigenvalue weighted by molar-refractivity contribution is 7.99. The molecule has 4 nitrogen and oxygen atoms in total. The van der Waals surface area contributed by atoms with Crippen LogP contribution in [0.5, 0.6) is 0 Å². The van der Waals surface area contributed by atoms with Crippen LogP contribution in [0.2, 0.25) is 0 Å². The van der Waals surface area contributed by atoms with Gasteiger partial charge in [-0.2, -0.15) is 0 Å². The lowest BCUT2D eigenvalue weighted by molar-refractivity contribution is 0.777. The van der Waals surface area contributed by atoms with Gasteiger partial charge >= 0.3 is 0 Å². The number of nitrogens with zero attached hydrogens (tertiary/aromatic N) is 3. The molecule has 2 heterocycles. The van der Waals surface area contributed by atoms with Gasteiger partial charge in [0.05, 0.1) is 0 Å². The molecule has 0 aromatic carbocycles. The Kier molecular flexibility index (Phi) is 4.17. The van der Waals surface area contributed by atoms with Gasteiger partial charge in [-0.15, -0.1) is 0 Å². The summed E-state index contributed by atoms with van der Waals surface area (Å²) in [6.45, 7) is 7.98. The largest absolute Gasteiger partial charge is 0.324 e. The molecule has 0 bridgehead atoms. The van der Waals surface area contributed by atoms with Gasteiger partial charge in [-0.25, -0.2) is 15.0 Å². The number of hydrogen-bond donors (Lipinski definition) is 1. The lowest BCUT2D eigenvalue weighted by Gasteiger charge is -2.11. The van der Waals surface area contributed by atoms with Crippen molar-refractivity contribution in [1.29, 1.82) is 0 Å². The fourth-order valence-corrected chi connectivity index (χ4v) is 2.73. The monoisotopic (exact) mass is 274 g/mol. The van der Waals surface area contributed by atoms with Crippen LogP contribution in [0.25, 0.3) is 0 Å². The van der Waals surface area contributed by atoms with E-state index in [-0.39, 0.29) is 6.04 Å². The van der Waals surface area contributed by atoms with Gasteiger partial charge in [-0.05, 0) is 51.1 Å². The van der Waals surface area contributed by atoms with E-state index in [2.05, 4.69) is 15.0 Å². The van der Waals surface area contributed by atoms with Crippen molar-refractivity contribution in [3.05, 3.63) is 40.8 Å². The van der Waals surface area contributed by atoms with E-state index in [0.29, 0.717) is 0 Å². The molecule has 0 fully saturated rings. The van der Waals surface area contributed by atoms with Crippen LogP contribution in [-0.2, 0) is 0 Å². The summed E-state index contributed by atoms with van der Waals surface area (Å²) in [5.41, 5.74) is 10.1. The highest BCUT2D eigenvalue weighted by Gasteiger charge is 2.12. The fourth-order valence-electron chi connectivity index (χ4n) is 1.71. The molecule has 0 saturated heterocycles. The molecule has 0 spiro atoms. The molecule has 1 atom stereocenters. The van der Waals surface area contributed by atoms with Crippen molar-refractivity contribution in [3.8, 4) is 0 Å². The lowest BCUT2D eigenvalue weighted by atomic mass is 10.2. The summed E-state index contributed by atoms with van der Waals surface area (Å²) in [6.07, 6.45) is 1.77. The Morgan fingerprint density at radius 1 is 1.16 bits per heavy atom. The zero-order chi connectivity index (χ0) is 14.0. The molecule has 0 saturated carbocycles. The smallest absolute Gasteiger partial charge is 0.194 e. The van der Waals surface area contributed by atoms with Crippen LogP contribution < -0.4 is 5.73 Å². The molecule has 2 aromatic rings. The summed E-state index contributed by atoms with van der Waals surface area (Å²) in [4.78, 5) is 13.4. The number of nitrogens with two attached hydrogens (primary N) is 1. The predicted octanol–water partition coefficient (Wildman–Crippen LogP) is 2.97. The van der Waals surface area contributed by atoms with Gasteiger partial charge in [0.25, 0.3) is 0 Å². The molecule has 2 rings (SSSR count). The number of rotatable bonds is 3. The van der Waals surface area contributed by atoms with Crippen molar-refractivity contribution in [3.63, 3.8) is 0 Å². The van der Waals surface area contributed by atoms with Crippen molar-refractivity contribution in [2.24, 2.45) is 5.73 Å². The third kappa shape index (κ3) is 3.11. The van der Waals surface area contributed by atoms with Crippen molar-refractivity contribution in [1.82, 2.24) is 15.0 Å². The SMILES string of the molecule is Cc1nc(Sc2ncccc2[C@H](C)N)nc(C)c1C. The van der Waals surface area contributed by atoms with Gasteiger partial charge in [-0.3, -0.25) is 0 Å². The average molecular weight is 274 g/mol. The average Bonchev–Trinajstić information content (AvgIpc) is 2.36. The molecule has 0 unspecified atom stereocenters. The molecule has 0 aliphatic rings. The minimum Gasteiger partial charge on any atom is -0.324 e. The van der Waals surface area contributed by atoms with E-state index in [9.17, 15) is 0 Å². The Morgan fingerprint density at radius 2 is 1.79 bits per heavy atom. The fraction of sp³-hybridized carbons (Fsp3) is 0.357. The number of hydrogen-bond acceptors (Lipinski definition) is 5. The van der Waals surface area contributed by atoms with E-state index < -0.39 is 0 Å². The third-order valence-electron chi connectivity index (χ3n) is 3.09. The quantitative estimate of drug-likeness (QED) is 0.872. The molecular formula is C14H18N4S. The van der Waals surface area contributed by atoms with Crippen molar-refractivity contribution < 1.29 is 0 Å². The Bertz CT molecular complexity index is 573. The number of aryl methyl sites for hydroxylation is 2. The van der Waals surface area contributed by atoms with Crippen LogP contribution in [0.3, 0.4) is 0 Å². The number of aromatic nitrogens is 3. The van der Waals surface area contributed by atoms with Crippen molar-refractivity contribution in [2.75, 3.05) is 0 Å². The normalized spacial score (nSPS) is 12.5. The first-order chi connectivity index (χ1) is 8.99. The maximum atomic E-state index is 5.96. The van der Waals surface area contributed by atoms with Crippen LogP contribution in [0, 0.1) is 20.8 Å². The second-order valence-corrected chi connectivity index (χ2v) is 5.55. The third-order valence-corrected chi connectivity index (χ3v) is 3.99. The molecule has 0 aliphatic carbocycles. The summed E-state index contributed by atoms with van der Waals surface area (Å²) < 4.78 is 0. The summed E-state index contributed by atoms with van der Waals surface area (Å²) in [7, 11) is 0. The molecule has 0 radical (unpaired) electrons. The summed E-state index contributed by atoms with van der Waals surface area (Å²) >= 11 is 1.47. The Balaban J connectivity index is 2.37. The topological polar surface area (TPSA) is 64.7 Å². The van der Waals surface area contributed by atoms with E-state index in [1.54, 1.807) is 6.20 Å². The van der Waals surface area contributed by atoms with Gasteiger partial charge in [-0.1, -0.05) is 6.07 Å².